The van der Waals surface area contributed by atoms with Crippen molar-refractivity contribution in [1.82, 2.24) is 15.0 Å². The van der Waals surface area contributed by atoms with Gasteiger partial charge < -0.3 is 9.84 Å². The van der Waals surface area contributed by atoms with E-state index in [-0.39, 0.29) is 5.88 Å². The number of hydrogen-bond donors (Lipinski definition) is 1. The predicted octanol–water partition coefficient (Wildman–Crippen LogP) is 4.29. The highest BCUT2D eigenvalue weighted by molar-refractivity contribution is 7.21. The molecule has 1 N–H and O–H groups in total. The number of phenols is 1. The number of esters is 1. The van der Waals surface area contributed by atoms with Crippen LogP contribution in [0.1, 0.15) is 21.5 Å². The third-order valence-corrected chi connectivity index (χ3v) is 5.18. The molecule has 0 fully saturated rings. The van der Waals surface area contributed by atoms with E-state index < -0.39 is 5.97 Å². The molecule has 7 heteroatoms. The lowest BCUT2D eigenvalue weighted by molar-refractivity contribution is 0.0727. The van der Waals surface area contributed by atoms with Crippen molar-refractivity contribution in [3.8, 4) is 22.2 Å². The summed E-state index contributed by atoms with van der Waals surface area (Å²) in [5, 5.41) is 10.8. The number of aromatic nitrogens is 3. The summed E-state index contributed by atoms with van der Waals surface area (Å²) < 4.78 is 6.13. The van der Waals surface area contributed by atoms with Gasteiger partial charge in [0.15, 0.2) is 0 Å². The Kier molecular flexibility index (Phi) is 4.29. The summed E-state index contributed by atoms with van der Waals surface area (Å²) in [6, 6.07) is 10.6. The van der Waals surface area contributed by atoms with Gasteiger partial charge in [0.2, 0.25) is 5.88 Å². The van der Waals surface area contributed by atoms with Gasteiger partial charge in [0.05, 0.1) is 15.8 Å². The van der Waals surface area contributed by atoms with E-state index in [1.165, 1.54) is 29.9 Å². The molecule has 0 saturated heterocycles. The zero-order chi connectivity index (χ0) is 19.0. The van der Waals surface area contributed by atoms with E-state index >= 15 is 0 Å². The molecule has 2 heterocycles. The molecule has 0 radical (unpaired) electrons. The van der Waals surface area contributed by atoms with Crippen LogP contribution in [0.4, 0.5) is 0 Å². The number of aromatic hydroxyl groups is 1. The van der Waals surface area contributed by atoms with E-state index in [1.807, 2.05) is 26.0 Å². The lowest BCUT2D eigenvalue weighted by Gasteiger charge is -2.05. The summed E-state index contributed by atoms with van der Waals surface area (Å²) in [7, 11) is 0. The molecule has 0 aliphatic heterocycles. The molecular weight excluding hydrogens is 362 g/mol. The second kappa shape index (κ2) is 6.77. The largest absolute Gasteiger partial charge is 0.507 e. The molecule has 0 atom stereocenters. The van der Waals surface area contributed by atoms with E-state index in [9.17, 15) is 9.90 Å². The Labute approximate surface area is 159 Å². The number of thiazole rings is 1. The maximum Gasteiger partial charge on any atom is 0.344 e. The smallest absolute Gasteiger partial charge is 0.344 e. The van der Waals surface area contributed by atoms with Gasteiger partial charge in [0.1, 0.15) is 17.1 Å². The van der Waals surface area contributed by atoms with Gasteiger partial charge in [0, 0.05) is 17.8 Å². The Hall–Kier alpha value is -3.32. The number of aryl methyl sites for hydroxylation is 2. The van der Waals surface area contributed by atoms with Crippen LogP contribution in [-0.2, 0) is 0 Å². The van der Waals surface area contributed by atoms with Crippen molar-refractivity contribution in [2.24, 2.45) is 0 Å². The normalized spacial score (nSPS) is 10.9. The van der Waals surface area contributed by atoms with Gasteiger partial charge in [-0.15, -0.1) is 11.3 Å². The minimum Gasteiger partial charge on any atom is -0.507 e. The van der Waals surface area contributed by atoms with Gasteiger partial charge in [0.25, 0.3) is 0 Å². The zero-order valence-electron chi connectivity index (χ0n) is 14.6. The van der Waals surface area contributed by atoms with Crippen molar-refractivity contribution in [3.05, 3.63) is 65.6 Å². The number of fused-ring (bicyclic) bond motifs is 1. The van der Waals surface area contributed by atoms with Crippen molar-refractivity contribution >= 4 is 27.5 Å². The average Bonchev–Trinajstić information content (AvgIpc) is 3.10. The first-order valence-corrected chi connectivity index (χ1v) is 9.02. The van der Waals surface area contributed by atoms with Crippen LogP contribution in [0.2, 0.25) is 0 Å². The van der Waals surface area contributed by atoms with Crippen LogP contribution in [0.3, 0.4) is 0 Å². The minimum atomic E-state index is -0.484. The highest BCUT2D eigenvalue weighted by Gasteiger charge is 2.14. The Balaban J connectivity index is 1.67. The lowest BCUT2D eigenvalue weighted by atomic mass is 10.1. The maximum atomic E-state index is 12.3. The first kappa shape index (κ1) is 17.1. The van der Waals surface area contributed by atoms with Crippen LogP contribution in [-0.4, -0.2) is 26.0 Å². The summed E-state index contributed by atoms with van der Waals surface area (Å²) in [5.41, 5.74) is 3.78. The molecule has 134 valence electrons. The lowest BCUT2D eigenvalue weighted by Crippen LogP contribution is -2.09. The fourth-order valence-corrected chi connectivity index (χ4v) is 3.74. The van der Waals surface area contributed by atoms with Crippen LogP contribution in [0.15, 0.2) is 48.9 Å². The fourth-order valence-electron chi connectivity index (χ4n) is 2.75. The number of carbonyl (C=O) groups is 1. The number of rotatable bonds is 3. The first-order chi connectivity index (χ1) is 13.0. The molecule has 4 rings (SSSR count). The molecule has 2 aromatic heterocycles. The number of ether oxygens (including phenoxy) is 1. The van der Waals surface area contributed by atoms with E-state index in [1.54, 1.807) is 18.2 Å². The second-order valence-corrected chi connectivity index (χ2v) is 7.13. The first-order valence-electron chi connectivity index (χ1n) is 8.20. The Morgan fingerprint density at radius 3 is 2.59 bits per heavy atom. The highest BCUT2D eigenvalue weighted by Crippen LogP contribution is 2.34. The average molecular weight is 377 g/mol. The van der Waals surface area contributed by atoms with Crippen LogP contribution in [0, 0.1) is 13.8 Å². The third-order valence-electron chi connectivity index (χ3n) is 4.11. The van der Waals surface area contributed by atoms with E-state index in [4.69, 9.17) is 4.74 Å². The molecule has 4 aromatic rings. The molecule has 0 amide bonds. The number of carbonyl (C=O) groups excluding carboxylic acids is 1. The van der Waals surface area contributed by atoms with Gasteiger partial charge in [-0.05, 0) is 55.3 Å². The standard InChI is InChI=1S/C20H15N3O3S/c1-11-7-14(8-12(2)18(11)24)19-23-15-4-3-13(9-16(15)27-19)20(25)26-17-5-6-21-10-22-17/h3-10,24H,1-2H3. The van der Waals surface area contributed by atoms with Crippen molar-refractivity contribution in [2.75, 3.05) is 0 Å². The minimum absolute atomic E-state index is 0.204. The van der Waals surface area contributed by atoms with Crippen LogP contribution < -0.4 is 4.74 Å². The summed E-state index contributed by atoms with van der Waals surface area (Å²) >= 11 is 1.49. The monoisotopic (exact) mass is 377 g/mol. The predicted molar refractivity (Wildman–Crippen MR) is 103 cm³/mol. The molecule has 0 aliphatic rings. The van der Waals surface area contributed by atoms with Gasteiger partial charge in [-0.2, -0.15) is 0 Å². The third kappa shape index (κ3) is 3.37. The number of phenolic OH excluding ortho intramolecular Hbond substituents is 1. The summed E-state index contributed by atoms with van der Waals surface area (Å²) in [6.45, 7) is 3.72. The van der Waals surface area contributed by atoms with Crippen molar-refractivity contribution < 1.29 is 14.6 Å². The molecule has 27 heavy (non-hydrogen) atoms. The van der Waals surface area contributed by atoms with Crippen molar-refractivity contribution in [2.45, 2.75) is 13.8 Å². The number of nitrogens with zero attached hydrogens (tertiary/aromatic N) is 3. The number of hydrogen-bond acceptors (Lipinski definition) is 7. The molecule has 0 saturated carbocycles. The van der Waals surface area contributed by atoms with E-state index in [2.05, 4.69) is 15.0 Å². The van der Waals surface area contributed by atoms with Crippen LogP contribution in [0.25, 0.3) is 20.8 Å². The van der Waals surface area contributed by atoms with Gasteiger partial charge >= 0.3 is 5.97 Å². The summed E-state index contributed by atoms with van der Waals surface area (Å²) in [4.78, 5) is 24.7. The Bertz CT molecular complexity index is 1130. The van der Waals surface area contributed by atoms with E-state index in [0.29, 0.717) is 11.3 Å². The summed E-state index contributed by atoms with van der Waals surface area (Å²) in [5.74, 6) is 0.0200. The molecule has 0 bridgehead atoms. The molecule has 0 unspecified atom stereocenters. The topological polar surface area (TPSA) is 85.2 Å². The highest BCUT2D eigenvalue weighted by atomic mass is 32.1. The summed E-state index contributed by atoms with van der Waals surface area (Å²) in [6.07, 6.45) is 2.83. The molecule has 6 nitrogen and oxygen atoms in total. The molecule has 0 aliphatic carbocycles. The quantitative estimate of drug-likeness (QED) is 0.536. The maximum absolute atomic E-state index is 12.3. The van der Waals surface area contributed by atoms with E-state index in [0.717, 1.165) is 31.9 Å². The molecule has 2 aromatic carbocycles. The van der Waals surface area contributed by atoms with Crippen LogP contribution >= 0.6 is 11.3 Å². The zero-order valence-corrected chi connectivity index (χ0v) is 15.4. The molecular formula is C20H15N3O3S. The van der Waals surface area contributed by atoms with Gasteiger partial charge in [-0.25, -0.2) is 19.7 Å². The SMILES string of the molecule is Cc1cc(-c2nc3ccc(C(=O)Oc4ccncn4)cc3s2)cc(C)c1O. The molecule has 0 spiro atoms. The number of benzene rings is 2. The Morgan fingerprint density at radius 2 is 1.89 bits per heavy atom. The second-order valence-electron chi connectivity index (χ2n) is 6.10. The fraction of sp³-hybridized carbons (Fsp3) is 0.100. The van der Waals surface area contributed by atoms with Crippen molar-refractivity contribution in [3.63, 3.8) is 0 Å². The van der Waals surface area contributed by atoms with Gasteiger partial charge in [-0.1, -0.05) is 0 Å². The van der Waals surface area contributed by atoms with Gasteiger partial charge in [-0.3, -0.25) is 0 Å². The van der Waals surface area contributed by atoms with Crippen LogP contribution in [0.5, 0.6) is 11.6 Å². The van der Waals surface area contributed by atoms with Crippen molar-refractivity contribution in [1.29, 1.82) is 0 Å². The Morgan fingerprint density at radius 1 is 1.11 bits per heavy atom.